The second-order valence-electron chi connectivity index (χ2n) is 3.24. The molecule has 0 bridgehead atoms. The summed E-state index contributed by atoms with van der Waals surface area (Å²) >= 11 is 0. The lowest BCUT2D eigenvalue weighted by Gasteiger charge is -2.17. The molecule has 0 aromatic carbocycles. The summed E-state index contributed by atoms with van der Waals surface area (Å²) in [5.74, 6) is 2.20. The molecule has 1 aromatic rings. The number of nitriles is 1. The first kappa shape index (κ1) is 12.9. The van der Waals surface area contributed by atoms with Crippen LogP contribution in [0, 0.1) is 23.7 Å². The van der Waals surface area contributed by atoms with Crippen LogP contribution in [0.15, 0.2) is 12.1 Å². The third kappa shape index (κ3) is 2.88. The van der Waals surface area contributed by atoms with Gasteiger partial charge < -0.3 is 4.90 Å². The van der Waals surface area contributed by atoms with Crippen LogP contribution in [-0.2, 0) is 6.18 Å². The van der Waals surface area contributed by atoms with Crippen molar-refractivity contribution in [2.24, 2.45) is 0 Å². The van der Waals surface area contributed by atoms with Gasteiger partial charge in [0.25, 0.3) is 0 Å². The van der Waals surface area contributed by atoms with Gasteiger partial charge in [0.1, 0.15) is 17.6 Å². The molecule has 0 aliphatic carbocycles. The third-order valence-electron chi connectivity index (χ3n) is 1.98. The Hall–Kier alpha value is -2.21. The fraction of sp³-hybridized carbons (Fsp3) is 0.273. The summed E-state index contributed by atoms with van der Waals surface area (Å²) < 4.78 is 37.3. The molecule has 0 fully saturated rings. The van der Waals surface area contributed by atoms with Crippen molar-refractivity contribution in [2.45, 2.75) is 6.18 Å². The zero-order valence-electron chi connectivity index (χ0n) is 8.91. The van der Waals surface area contributed by atoms with E-state index in [-0.39, 0.29) is 17.9 Å². The third-order valence-corrected chi connectivity index (χ3v) is 1.98. The summed E-state index contributed by atoms with van der Waals surface area (Å²) in [6, 6.07) is 3.62. The number of terminal acetylenes is 1. The zero-order chi connectivity index (χ0) is 13.1. The average molecular weight is 239 g/mol. The van der Waals surface area contributed by atoms with Crippen LogP contribution in [0.1, 0.15) is 11.3 Å². The lowest BCUT2D eigenvalue weighted by atomic mass is 10.2. The van der Waals surface area contributed by atoms with Gasteiger partial charge in [-0.1, -0.05) is 5.92 Å². The fourth-order valence-corrected chi connectivity index (χ4v) is 1.20. The van der Waals surface area contributed by atoms with E-state index in [1.54, 1.807) is 6.07 Å². The Kier molecular flexibility index (Phi) is 3.59. The molecule has 0 radical (unpaired) electrons. The number of hydrogen-bond acceptors (Lipinski definition) is 3. The van der Waals surface area contributed by atoms with Gasteiger partial charge in [-0.2, -0.15) is 18.4 Å². The van der Waals surface area contributed by atoms with Crippen LogP contribution in [0.25, 0.3) is 0 Å². The minimum Gasteiger partial charge on any atom is -0.347 e. The summed E-state index contributed by atoms with van der Waals surface area (Å²) in [5, 5.41) is 8.78. The van der Waals surface area contributed by atoms with Crippen molar-refractivity contribution >= 4 is 5.82 Å². The summed E-state index contributed by atoms with van der Waals surface area (Å²) in [4.78, 5) is 4.73. The summed E-state index contributed by atoms with van der Waals surface area (Å²) in [5.41, 5.74) is -0.994. The molecule has 0 saturated carbocycles. The van der Waals surface area contributed by atoms with Crippen molar-refractivity contribution in [2.75, 3.05) is 18.5 Å². The Labute approximate surface area is 96.5 Å². The second-order valence-corrected chi connectivity index (χ2v) is 3.24. The summed E-state index contributed by atoms with van der Waals surface area (Å²) in [7, 11) is 1.48. The van der Waals surface area contributed by atoms with E-state index < -0.39 is 11.9 Å². The summed E-state index contributed by atoms with van der Waals surface area (Å²) in [6.07, 6.45) is 0.516. The van der Waals surface area contributed by atoms with Crippen molar-refractivity contribution in [1.82, 2.24) is 4.98 Å². The Morgan fingerprint density at radius 1 is 1.47 bits per heavy atom. The molecule has 1 aromatic heterocycles. The first-order chi connectivity index (χ1) is 7.90. The van der Waals surface area contributed by atoms with Gasteiger partial charge >= 0.3 is 6.18 Å². The van der Waals surface area contributed by atoms with E-state index in [2.05, 4.69) is 10.9 Å². The van der Waals surface area contributed by atoms with Crippen molar-refractivity contribution in [1.29, 1.82) is 5.26 Å². The first-order valence-electron chi connectivity index (χ1n) is 4.53. The number of nitrogens with zero attached hydrogens (tertiary/aromatic N) is 3. The largest absolute Gasteiger partial charge is 0.433 e. The summed E-state index contributed by atoms with van der Waals surface area (Å²) in [6.45, 7) is 0.0724. The molecule has 88 valence electrons. The van der Waals surface area contributed by atoms with E-state index in [0.717, 1.165) is 12.1 Å². The highest BCUT2D eigenvalue weighted by atomic mass is 19.4. The molecule has 3 nitrogen and oxygen atoms in total. The quantitative estimate of drug-likeness (QED) is 0.741. The number of anilines is 1. The van der Waals surface area contributed by atoms with Gasteiger partial charge in [0.05, 0.1) is 12.1 Å². The van der Waals surface area contributed by atoms with Gasteiger partial charge in [0, 0.05) is 7.05 Å². The Balaban J connectivity index is 3.27. The van der Waals surface area contributed by atoms with E-state index in [1.807, 2.05) is 0 Å². The van der Waals surface area contributed by atoms with E-state index >= 15 is 0 Å². The number of rotatable bonds is 2. The highest BCUT2D eigenvalue weighted by Crippen LogP contribution is 2.30. The molecule has 1 rings (SSSR count). The van der Waals surface area contributed by atoms with Crippen molar-refractivity contribution in [3.05, 3.63) is 23.4 Å². The zero-order valence-corrected chi connectivity index (χ0v) is 8.91. The molecule has 0 atom stereocenters. The van der Waals surface area contributed by atoms with Gasteiger partial charge in [-0.3, -0.25) is 0 Å². The molecule has 6 heteroatoms. The van der Waals surface area contributed by atoms with Gasteiger partial charge in [0.15, 0.2) is 0 Å². The predicted octanol–water partition coefficient (Wildman–Crippen LogP) is 2.04. The number of aromatic nitrogens is 1. The number of halogens is 3. The van der Waals surface area contributed by atoms with Crippen LogP contribution in [0.5, 0.6) is 0 Å². The van der Waals surface area contributed by atoms with E-state index in [4.69, 9.17) is 11.7 Å². The normalized spacial score (nSPS) is 10.5. The van der Waals surface area contributed by atoms with Crippen LogP contribution in [0.3, 0.4) is 0 Å². The highest BCUT2D eigenvalue weighted by Gasteiger charge is 2.33. The molecule has 0 N–H and O–H groups in total. The molecule has 1 heterocycles. The monoisotopic (exact) mass is 239 g/mol. The number of hydrogen-bond donors (Lipinski definition) is 0. The molecule has 0 unspecified atom stereocenters. The van der Waals surface area contributed by atoms with Crippen molar-refractivity contribution in [3.8, 4) is 18.4 Å². The van der Waals surface area contributed by atoms with Gasteiger partial charge in [0.2, 0.25) is 0 Å². The van der Waals surface area contributed by atoms with Crippen LogP contribution < -0.4 is 4.90 Å². The second kappa shape index (κ2) is 4.75. The Bertz CT molecular complexity index is 494. The molecule has 0 aliphatic heterocycles. The van der Waals surface area contributed by atoms with Crippen LogP contribution in [-0.4, -0.2) is 18.6 Å². The van der Waals surface area contributed by atoms with Crippen molar-refractivity contribution in [3.63, 3.8) is 0 Å². The van der Waals surface area contributed by atoms with Crippen LogP contribution >= 0.6 is 0 Å². The Morgan fingerprint density at radius 3 is 2.59 bits per heavy atom. The maximum Gasteiger partial charge on any atom is 0.433 e. The standard InChI is InChI=1S/C11H8F3N3/c1-3-6-17(2)10-8(7-15)4-5-9(16-10)11(12,13)14/h1,4-5H,6H2,2H3. The number of alkyl halides is 3. The van der Waals surface area contributed by atoms with Crippen LogP contribution in [0.4, 0.5) is 19.0 Å². The highest BCUT2D eigenvalue weighted by molar-refractivity contribution is 5.54. The predicted molar refractivity (Wildman–Crippen MR) is 56.1 cm³/mol. The molecule has 0 spiro atoms. The maximum absolute atomic E-state index is 12.4. The molecule has 0 amide bonds. The molecule has 0 aliphatic rings. The number of pyridine rings is 1. The molecule has 17 heavy (non-hydrogen) atoms. The molecule has 0 saturated heterocycles. The Morgan fingerprint density at radius 2 is 2.12 bits per heavy atom. The van der Waals surface area contributed by atoms with Gasteiger partial charge in [-0.15, -0.1) is 6.42 Å². The first-order valence-corrected chi connectivity index (χ1v) is 4.53. The lowest BCUT2D eigenvalue weighted by Crippen LogP contribution is -2.21. The molecular formula is C11H8F3N3. The SMILES string of the molecule is C#CCN(C)c1nc(C(F)(F)F)ccc1C#N. The smallest absolute Gasteiger partial charge is 0.347 e. The average Bonchev–Trinajstić information content (AvgIpc) is 2.27. The van der Waals surface area contributed by atoms with Gasteiger partial charge in [-0.05, 0) is 12.1 Å². The topological polar surface area (TPSA) is 39.9 Å². The van der Waals surface area contributed by atoms with Gasteiger partial charge in [-0.25, -0.2) is 4.98 Å². The van der Waals surface area contributed by atoms with Crippen molar-refractivity contribution < 1.29 is 13.2 Å². The van der Waals surface area contributed by atoms with E-state index in [9.17, 15) is 13.2 Å². The van der Waals surface area contributed by atoms with E-state index in [0.29, 0.717) is 0 Å². The molecular weight excluding hydrogens is 231 g/mol. The minimum absolute atomic E-state index is 0.0516. The lowest BCUT2D eigenvalue weighted by molar-refractivity contribution is -0.141. The minimum atomic E-state index is -4.54. The van der Waals surface area contributed by atoms with E-state index in [1.165, 1.54) is 11.9 Å². The maximum atomic E-state index is 12.4. The fourth-order valence-electron chi connectivity index (χ4n) is 1.20. The van der Waals surface area contributed by atoms with Crippen LogP contribution in [0.2, 0.25) is 0 Å².